The molecule has 140 valence electrons. The van der Waals surface area contributed by atoms with Gasteiger partial charge < -0.3 is 14.6 Å². The molecule has 0 spiro atoms. The number of amides is 1. The molecule has 0 unspecified atom stereocenters. The second-order valence-corrected chi connectivity index (χ2v) is 6.35. The van der Waals surface area contributed by atoms with Crippen molar-refractivity contribution in [2.45, 2.75) is 26.1 Å². The summed E-state index contributed by atoms with van der Waals surface area (Å²) in [4.78, 5) is 29.2. The van der Waals surface area contributed by atoms with Crippen LogP contribution in [0.4, 0.5) is 13.2 Å². The number of halogens is 3. The van der Waals surface area contributed by atoms with E-state index in [0.29, 0.717) is 17.8 Å². The molecule has 0 radical (unpaired) electrons. The molecule has 0 aliphatic carbocycles. The van der Waals surface area contributed by atoms with Gasteiger partial charge in [-0.15, -0.1) is 0 Å². The molecule has 6 nitrogen and oxygen atoms in total. The Kier molecular flexibility index (Phi) is 4.64. The number of likely N-dealkylation sites (tertiary alicyclic amines) is 1. The molecular formula is C17H18F3N3O3. The number of aromatic nitrogens is 2. The van der Waals surface area contributed by atoms with E-state index in [4.69, 9.17) is 5.11 Å². The molecule has 1 aromatic heterocycles. The van der Waals surface area contributed by atoms with Crippen LogP contribution in [0.2, 0.25) is 0 Å². The van der Waals surface area contributed by atoms with E-state index < -0.39 is 43.0 Å². The topological polar surface area (TPSA) is 75.4 Å². The highest BCUT2D eigenvalue weighted by Gasteiger charge is 2.53. The summed E-state index contributed by atoms with van der Waals surface area (Å²) < 4.78 is 41.0. The van der Waals surface area contributed by atoms with Crippen LogP contribution in [0.5, 0.6) is 0 Å². The third kappa shape index (κ3) is 3.25. The van der Waals surface area contributed by atoms with Crippen molar-refractivity contribution in [1.29, 1.82) is 0 Å². The first-order chi connectivity index (χ1) is 12.2. The van der Waals surface area contributed by atoms with Gasteiger partial charge in [0, 0.05) is 19.5 Å². The lowest BCUT2D eigenvalue weighted by Gasteiger charge is -2.19. The Morgan fingerprint density at radius 2 is 1.96 bits per heavy atom. The Balaban J connectivity index is 1.84. The highest BCUT2D eigenvalue weighted by atomic mass is 19.4. The van der Waals surface area contributed by atoms with Crippen molar-refractivity contribution in [3.8, 4) is 0 Å². The summed E-state index contributed by atoms with van der Waals surface area (Å²) in [6.07, 6.45) is -4.10. The molecule has 1 N–H and O–H groups in total. The summed E-state index contributed by atoms with van der Waals surface area (Å²) in [5, 5.41) is 9.07. The Morgan fingerprint density at radius 1 is 1.27 bits per heavy atom. The van der Waals surface area contributed by atoms with Crippen LogP contribution in [0.25, 0.3) is 11.0 Å². The molecule has 9 heteroatoms. The van der Waals surface area contributed by atoms with Crippen molar-refractivity contribution in [2.75, 3.05) is 13.1 Å². The summed E-state index contributed by atoms with van der Waals surface area (Å²) in [6, 6.07) is 7.19. The number of carbonyl (C=O) groups is 2. The Hall–Kier alpha value is -2.58. The molecule has 2 heterocycles. The number of hydrogen-bond acceptors (Lipinski definition) is 3. The fourth-order valence-corrected chi connectivity index (χ4v) is 3.40. The fourth-order valence-electron chi connectivity index (χ4n) is 3.40. The van der Waals surface area contributed by atoms with Gasteiger partial charge in [0.05, 0.1) is 22.9 Å². The number of carboxylic acid groups (broad SMARTS) is 1. The zero-order valence-corrected chi connectivity index (χ0v) is 14.0. The first-order valence-electron chi connectivity index (χ1n) is 8.23. The second kappa shape index (κ2) is 6.62. The number of hydrogen-bond donors (Lipinski definition) is 1. The van der Waals surface area contributed by atoms with Crippen LogP contribution >= 0.6 is 0 Å². The molecule has 3 rings (SSSR count). The predicted octanol–water partition coefficient (Wildman–Crippen LogP) is 2.32. The number of fused-ring (bicyclic) bond motifs is 1. The Bertz CT molecular complexity index is 847. The van der Waals surface area contributed by atoms with Crippen LogP contribution in [-0.2, 0) is 22.6 Å². The molecule has 26 heavy (non-hydrogen) atoms. The van der Waals surface area contributed by atoms with Gasteiger partial charge in [-0.3, -0.25) is 9.59 Å². The van der Waals surface area contributed by atoms with Crippen molar-refractivity contribution in [2.24, 2.45) is 11.8 Å². The largest absolute Gasteiger partial charge is 0.481 e. The molecule has 1 fully saturated rings. The van der Waals surface area contributed by atoms with E-state index in [0.717, 1.165) is 10.4 Å². The third-order valence-electron chi connectivity index (χ3n) is 4.75. The molecular weight excluding hydrogens is 351 g/mol. The first kappa shape index (κ1) is 18.2. The maximum absolute atomic E-state index is 13.1. The van der Waals surface area contributed by atoms with Crippen molar-refractivity contribution < 1.29 is 27.9 Å². The van der Waals surface area contributed by atoms with Crippen molar-refractivity contribution in [3.05, 3.63) is 30.1 Å². The molecule has 1 saturated heterocycles. The highest BCUT2D eigenvalue weighted by Crippen LogP contribution is 2.37. The van der Waals surface area contributed by atoms with Gasteiger partial charge in [-0.2, -0.15) is 13.2 Å². The minimum Gasteiger partial charge on any atom is -0.481 e. The minimum absolute atomic E-state index is 0.166. The van der Waals surface area contributed by atoms with E-state index >= 15 is 0 Å². The lowest BCUT2D eigenvalue weighted by molar-refractivity contribution is -0.188. The van der Waals surface area contributed by atoms with Crippen LogP contribution in [0.15, 0.2) is 24.3 Å². The lowest BCUT2D eigenvalue weighted by atomic mass is 9.96. The standard InChI is InChI=1S/C17H18F3N3O3/c1-2-14-21-12-5-3-4-6-13(12)23(14)9-15(24)22-7-10(16(25)26)11(8-22)17(18,19)20/h3-6,10-11H,2,7-9H2,1H3,(H,25,26)/t10-,11-/m1/s1. The lowest BCUT2D eigenvalue weighted by Crippen LogP contribution is -2.34. The van der Waals surface area contributed by atoms with E-state index in [9.17, 15) is 22.8 Å². The number of aliphatic carboxylic acids is 1. The minimum atomic E-state index is -4.66. The molecule has 2 aromatic rings. The molecule has 1 aliphatic rings. The monoisotopic (exact) mass is 369 g/mol. The normalized spacial score (nSPS) is 20.7. The number of carboxylic acids is 1. The average molecular weight is 369 g/mol. The second-order valence-electron chi connectivity index (χ2n) is 6.35. The maximum atomic E-state index is 13.1. The summed E-state index contributed by atoms with van der Waals surface area (Å²) in [7, 11) is 0. The van der Waals surface area contributed by atoms with Gasteiger partial charge in [0.1, 0.15) is 12.4 Å². The zero-order chi connectivity index (χ0) is 19.1. The van der Waals surface area contributed by atoms with Gasteiger partial charge in [-0.25, -0.2) is 4.98 Å². The van der Waals surface area contributed by atoms with Gasteiger partial charge in [-0.1, -0.05) is 19.1 Å². The van der Waals surface area contributed by atoms with Gasteiger partial charge in [0.2, 0.25) is 5.91 Å². The molecule has 1 aliphatic heterocycles. The predicted molar refractivity (Wildman–Crippen MR) is 86.4 cm³/mol. The molecule has 0 saturated carbocycles. The summed E-state index contributed by atoms with van der Waals surface area (Å²) in [5.41, 5.74) is 1.43. The Morgan fingerprint density at radius 3 is 2.54 bits per heavy atom. The summed E-state index contributed by atoms with van der Waals surface area (Å²) >= 11 is 0. The Labute approximate surface area is 147 Å². The highest BCUT2D eigenvalue weighted by molar-refractivity contribution is 5.82. The summed E-state index contributed by atoms with van der Waals surface area (Å²) in [5.74, 6) is -5.11. The number of carbonyl (C=O) groups excluding carboxylic acids is 1. The third-order valence-corrected chi connectivity index (χ3v) is 4.75. The van der Waals surface area contributed by atoms with Gasteiger partial charge in [0.15, 0.2) is 0 Å². The molecule has 0 bridgehead atoms. The zero-order valence-electron chi connectivity index (χ0n) is 14.0. The van der Waals surface area contributed by atoms with E-state index in [1.54, 1.807) is 22.8 Å². The van der Waals surface area contributed by atoms with Gasteiger partial charge in [0.25, 0.3) is 0 Å². The average Bonchev–Trinajstić information content (AvgIpc) is 3.17. The van der Waals surface area contributed by atoms with Crippen LogP contribution in [0.3, 0.4) is 0 Å². The van der Waals surface area contributed by atoms with Gasteiger partial charge >= 0.3 is 12.1 Å². The van der Waals surface area contributed by atoms with E-state index in [2.05, 4.69) is 4.98 Å². The maximum Gasteiger partial charge on any atom is 0.394 e. The van der Waals surface area contributed by atoms with E-state index in [1.165, 1.54) is 0 Å². The van der Waals surface area contributed by atoms with Crippen LogP contribution < -0.4 is 0 Å². The van der Waals surface area contributed by atoms with E-state index in [1.807, 2.05) is 13.0 Å². The summed E-state index contributed by atoms with van der Waals surface area (Å²) in [6.45, 7) is 0.638. The SMILES string of the molecule is CCc1nc2ccccc2n1CC(=O)N1C[C@@H](C(F)(F)F)[C@H](C(=O)O)C1. The number of alkyl halides is 3. The molecule has 2 atom stereocenters. The smallest absolute Gasteiger partial charge is 0.394 e. The van der Waals surface area contributed by atoms with E-state index in [-0.39, 0.29) is 6.54 Å². The number of para-hydroxylation sites is 2. The van der Waals surface area contributed by atoms with Crippen molar-refractivity contribution in [3.63, 3.8) is 0 Å². The van der Waals surface area contributed by atoms with Gasteiger partial charge in [-0.05, 0) is 12.1 Å². The van der Waals surface area contributed by atoms with Crippen molar-refractivity contribution >= 4 is 22.9 Å². The van der Waals surface area contributed by atoms with Crippen LogP contribution in [0.1, 0.15) is 12.7 Å². The first-order valence-corrected chi connectivity index (χ1v) is 8.23. The number of rotatable bonds is 4. The number of aryl methyl sites for hydroxylation is 1. The fraction of sp³-hybridized carbons (Fsp3) is 0.471. The molecule has 1 aromatic carbocycles. The van der Waals surface area contributed by atoms with Crippen molar-refractivity contribution in [1.82, 2.24) is 14.5 Å². The number of imidazole rings is 1. The molecule has 1 amide bonds. The van der Waals surface area contributed by atoms with Crippen LogP contribution in [-0.4, -0.2) is 50.7 Å². The quantitative estimate of drug-likeness (QED) is 0.898. The van der Waals surface area contributed by atoms with Crippen LogP contribution in [0, 0.1) is 11.8 Å². The number of nitrogens with zero attached hydrogens (tertiary/aromatic N) is 3. The number of benzene rings is 1.